The lowest BCUT2D eigenvalue weighted by atomic mass is 10.0. The molecule has 8 heteroatoms. The van der Waals surface area contributed by atoms with Crippen molar-refractivity contribution in [3.05, 3.63) is 58.9 Å². The van der Waals surface area contributed by atoms with Crippen LogP contribution in [0, 0.1) is 0 Å². The maximum absolute atomic E-state index is 13.5. The molecule has 2 atom stereocenters. The molecule has 170 valence electrons. The highest BCUT2D eigenvalue weighted by atomic mass is 35.5. The first-order chi connectivity index (χ1) is 15.5. The van der Waals surface area contributed by atoms with Gasteiger partial charge in [-0.1, -0.05) is 36.2 Å². The molecule has 0 unspecified atom stereocenters. The van der Waals surface area contributed by atoms with Crippen molar-refractivity contribution in [2.45, 2.75) is 44.7 Å². The summed E-state index contributed by atoms with van der Waals surface area (Å²) in [6.45, 7) is 2.96. The summed E-state index contributed by atoms with van der Waals surface area (Å²) in [5.74, 6) is -0.380. The number of esters is 1. The molecular formula is C24H29ClN4O3. The van der Waals surface area contributed by atoms with Gasteiger partial charge in [-0.05, 0) is 44.5 Å². The molecule has 7 nitrogen and oxygen atoms in total. The maximum Gasteiger partial charge on any atom is 0.323 e. The summed E-state index contributed by atoms with van der Waals surface area (Å²) in [6, 6.07) is 10.9. The van der Waals surface area contributed by atoms with E-state index < -0.39 is 0 Å². The largest absolute Gasteiger partial charge is 0.465 e. The molecule has 0 aliphatic carbocycles. The van der Waals surface area contributed by atoms with E-state index in [0.29, 0.717) is 31.0 Å². The number of hydrogen-bond donors (Lipinski definition) is 0. The second kappa shape index (κ2) is 9.88. The van der Waals surface area contributed by atoms with Gasteiger partial charge in [0.1, 0.15) is 12.1 Å². The van der Waals surface area contributed by atoms with E-state index in [9.17, 15) is 9.59 Å². The van der Waals surface area contributed by atoms with Crippen LogP contribution in [0.3, 0.4) is 0 Å². The Labute approximate surface area is 193 Å². The van der Waals surface area contributed by atoms with Crippen molar-refractivity contribution < 1.29 is 14.3 Å². The summed E-state index contributed by atoms with van der Waals surface area (Å²) < 4.78 is 7.26. The Hall–Kier alpha value is -2.64. The molecule has 0 N–H and O–H groups in total. The van der Waals surface area contributed by atoms with Gasteiger partial charge in [-0.15, -0.1) is 0 Å². The van der Waals surface area contributed by atoms with Crippen molar-refractivity contribution in [1.29, 1.82) is 0 Å². The van der Waals surface area contributed by atoms with Crippen LogP contribution < -0.4 is 0 Å². The van der Waals surface area contributed by atoms with E-state index in [0.717, 1.165) is 29.8 Å². The molecule has 32 heavy (non-hydrogen) atoms. The Balaban J connectivity index is 1.60. The van der Waals surface area contributed by atoms with Crippen LogP contribution in [0.15, 0.2) is 47.7 Å². The van der Waals surface area contributed by atoms with Gasteiger partial charge in [0.05, 0.1) is 18.9 Å². The van der Waals surface area contributed by atoms with E-state index in [1.807, 2.05) is 59.1 Å². The van der Waals surface area contributed by atoms with Gasteiger partial charge in [0, 0.05) is 35.9 Å². The molecule has 1 amide bonds. The average Bonchev–Trinajstić information content (AvgIpc) is 3.40. The summed E-state index contributed by atoms with van der Waals surface area (Å²) in [5, 5.41) is 6.92. The predicted octanol–water partition coefficient (Wildman–Crippen LogP) is 3.77. The van der Waals surface area contributed by atoms with Crippen LogP contribution >= 0.6 is 11.6 Å². The molecule has 3 heterocycles. The number of likely N-dealkylation sites (tertiary alicyclic amines) is 1. The lowest BCUT2D eigenvalue weighted by Crippen LogP contribution is -2.49. The number of carbonyl (C=O) groups is 2. The SMILES string of the molecule is CCOC(=O)[C@@H]1CCCCN1CC(=O)N1N=C(c2ccccc2Cl)C[C@H]1c1cccn1C. The Morgan fingerprint density at radius 1 is 1.19 bits per heavy atom. The number of rotatable bonds is 6. The van der Waals surface area contributed by atoms with E-state index in [1.165, 1.54) is 0 Å². The number of ether oxygens (including phenoxy) is 1. The lowest BCUT2D eigenvalue weighted by Gasteiger charge is -2.34. The lowest BCUT2D eigenvalue weighted by molar-refractivity contribution is -0.152. The molecule has 2 aliphatic rings. The van der Waals surface area contributed by atoms with Crippen LogP contribution in [0.25, 0.3) is 0 Å². The molecule has 0 bridgehead atoms. The minimum absolute atomic E-state index is 0.129. The first kappa shape index (κ1) is 22.6. The summed E-state index contributed by atoms with van der Waals surface area (Å²) in [6.07, 6.45) is 5.17. The predicted molar refractivity (Wildman–Crippen MR) is 123 cm³/mol. The van der Waals surface area contributed by atoms with Crippen LogP contribution in [0.1, 0.15) is 49.9 Å². The number of carbonyl (C=O) groups excluding carboxylic acids is 2. The van der Waals surface area contributed by atoms with Crippen molar-refractivity contribution in [2.75, 3.05) is 19.7 Å². The van der Waals surface area contributed by atoms with E-state index >= 15 is 0 Å². The number of aromatic nitrogens is 1. The minimum atomic E-state index is -0.379. The van der Waals surface area contributed by atoms with Crippen molar-refractivity contribution in [3.63, 3.8) is 0 Å². The number of hydrazone groups is 1. The minimum Gasteiger partial charge on any atom is -0.465 e. The molecule has 1 fully saturated rings. The molecule has 1 saturated heterocycles. The fourth-order valence-electron chi connectivity index (χ4n) is 4.58. The summed E-state index contributed by atoms with van der Waals surface area (Å²) in [5.41, 5.74) is 2.63. The van der Waals surface area contributed by atoms with Crippen LogP contribution in [-0.4, -0.2) is 57.8 Å². The molecule has 0 saturated carbocycles. The molecule has 0 radical (unpaired) electrons. The Bertz CT molecular complexity index is 1020. The molecule has 1 aromatic carbocycles. The van der Waals surface area contributed by atoms with Gasteiger partial charge in [0.25, 0.3) is 5.91 Å². The average molecular weight is 457 g/mol. The number of hydrogen-bond acceptors (Lipinski definition) is 5. The Kier molecular flexibility index (Phi) is 6.96. The van der Waals surface area contributed by atoms with Crippen LogP contribution in [0.4, 0.5) is 0 Å². The van der Waals surface area contributed by atoms with Gasteiger partial charge in [0.2, 0.25) is 0 Å². The first-order valence-electron chi connectivity index (χ1n) is 11.2. The number of piperidine rings is 1. The molecule has 1 aromatic heterocycles. The number of amides is 1. The fourth-order valence-corrected chi connectivity index (χ4v) is 4.83. The smallest absolute Gasteiger partial charge is 0.323 e. The molecule has 4 rings (SSSR count). The quantitative estimate of drug-likeness (QED) is 0.620. The van der Waals surface area contributed by atoms with Gasteiger partial charge in [0.15, 0.2) is 0 Å². The standard InChI is InChI=1S/C24H29ClN4O3/c1-3-32-24(31)21-11-6-7-14-28(21)16-23(30)29-22(20-12-8-13-27(20)2)15-19(26-29)17-9-4-5-10-18(17)25/h4-5,8-10,12-13,21-22H,3,6-7,11,14-16H2,1-2H3/t21-,22-/m0/s1. The zero-order valence-corrected chi connectivity index (χ0v) is 19.3. The number of halogens is 1. The molecule has 2 aromatic rings. The third kappa shape index (κ3) is 4.59. The summed E-state index contributed by atoms with van der Waals surface area (Å²) in [4.78, 5) is 27.9. The zero-order valence-electron chi connectivity index (χ0n) is 18.5. The van der Waals surface area contributed by atoms with Crippen LogP contribution in [-0.2, 0) is 21.4 Å². The maximum atomic E-state index is 13.5. The van der Waals surface area contributed by atoms with E-state index in [2.05, 4.69) is 0 Å². The molecule has 0 spiro atoms. The van der Waals surface area contributed by atoms with E-state index in [-0.39, 0.29) is 30.5 Å². The van der Waals surface area contributed by atoms with Gasteiger partial charge >= 0.3 is 5.97 Å². The van der Waals surface area contributed by atoms with Gasteiger partial charge in [-0.25, -0.2) is 5.01 Å². The van der Waals surface area contributed by atoms with Crippen molar-refractivity contribution in [3.8, 4) is 0 Å². The number of benzene rings is 1. The summed E-state index contributed by atoms with van der Waals surface area (Å²) in [7, 11) is 1.97. The zero-order chi connectivity index (χ0) is 22.7. The number of aryl methyl sites for hydroxylation is 1. The molecular weight excluding hydrogens is 428 g/mol. The van der Waals surface area contributed by atoms with E-state index in [1.54, 1.807) is 11.9 Å². The third-order valence-electron chi connectivity index (χ3n) is 6.19. The fraction of sp³-hybridized carbons (Fsp3) is 0.458. The highest BCUT2D eigenvalue weighted by molar-refractivity contribution is 6.34. The highest BCUT2D eigenvalue weighted by Gasteiger charge is 2.38. The van der Waals surface area contributed by atoms with Crippen LogP contribution in [0.2, 0.25) is 5.02 Å². The van der Waals surface area contributed by atoms with Gasteiger partial charge in [-0.2, -0.15) is 5.10 Å². The Morgan fingerprint density at radius 2 is 2.00 bits per heavy atom. The highest BCUT2D eigenvalue weighted by Crippen LogP contribution is 2.34. The first-order valence-corrected chi connectivity index (χ1v) is 11.5. The van der Waals surface area contributed by atoms with Gasteiger partial charge in [-0.3, -0.25) is 14.5 Å². The second-order valence-corrected chi connectivity index (χ2v) is 8.67. The van der Waals surface area contributed by atoms with Crippen molar-refractivity contribution in [2.24, 2.45) is 12.1 Å². The topological polar surface area (TPSA) is 67.1 Å². The monoisotopic (exact) mass is 456 g/mol. The number of nitrogens with zero attached hydrogens (tertiary/aromatic N) is 4. The second-order valence-electron chi connectivity index (χ2n) is 8.26. The summed E-state index contributed by atoms with van der Waals surface area (Å²) >= 11 is 6.43. The van der Waals surface area contributed by atoms with Crippen LogP contribution in [0.5, 0.6) is 0 Å². The Morgan fingerprint density at radius 3 is 2.72 bits per heavy atom. The van der Waals surface area contributed by atoms with E-state index in [4.69, 9.17) is 21.4 Å². The van der Waals surface area contributed by atoms with Crippen molar-refractivity contribution >= 4 is 29.2 Å². The normalized spacial score (nSPS) is 21.5. The molecule has 2 aliphatic heterocycles. The third-order valence-corrected chi connectivity index (χ3v) is 6.52. The van der Waals surface area contributed by atoms with Crippen molar-refractivity contribution in [1.82, 2.24) is 14.5 Å². The van der Waals surface area contributed by atoms with Gasteiger partial charge < -0.3 is 9.30 Å².